The molecule has 2 rings (SSSR count). The van der Waals surface area contributed by atoms with Crippen molar-refractivity contribution in [1.29, 1.82) is 0 Å². The van der Waals surface area contributed by atoms with Gasteiger partial charge in [0.25, 0.3) is 5.91 Å². The Morgan fingerprint density at radius 3 is 2.42 bits per heavy atom. The predicted molar refractivity (Wildman–Crippen MR) is 83.6 cm³/mol. The first-order chi connectivity index (χ1) is 11.5. The fourth-order valence-electron chi connectivity index (χ4n) is 1.81. The van der Waals surface area contributed by atoms with E-state index in [4.69, 9.17) is 10.5 Å². The molecular formula is C15H15N5O4. The van der Waals surface area contributed by atoms with Crippen LogP contribution in [-0.2, 0) is 9.53 Å². The molecule has 0 aliphatic rings. The maximum Gasteiger partial charge on any atom is 0.361 e. The van der Waals surface area contributed by atoms with Gasteiger partial charge in [0.1, 0.15) is 0 Å². The number of anilines is 1. The number of carbonyl (C=O) groups is 3. The topological polar surface area (TPSA) is 136 Å². The number of urea groups is 1. The van der Waals surface area contributed by atoms with Crippen LogP contribution in [0.2, 0.25) is 0 Å². The minimum Gasteiger partial charge on any atom is -0.442 e. The number of nitrogens with zero attached hydrogens (tertiary/aromatic N) is 2. The lowest BCUT2D eigenvalue weighted by Gasteiger charge is -2.17. The summed E-state index contributed by atoms with van der Waals surface area (Å²) >= 11 is 0. The second-order valence-electron chi connectivity index (χ2n) is 4.55. The fraction of sp³-hybridized carbons (Fsp3) is 0.133. The lowest BCUT2D eigenvalue weighted by atomic mass is 10.1. The zero-order chi connectivity index (χ0) is 17.5. The van der Waals surface area contributed by atoms with Crippen LogP contribution in [-0.4, -0.2) is 34.9 Å². The van der Waals surface area contributed by atoms with Crippen molar-refractivity contribution < 1.29 is 19.1 Å². The van der Waals surface area contributed by atoms with Crippen LogP contribution in [0.1, 0.15) is 22.2 Å². The summed E-state index contributed by atoms with van der Waals surface area (Å²) < 4.78 is 5.20. The molecule has 1 heterocycles. The molecule has 24 heavy (non-hydrogen) atoms. The second kappa shape index (κ2) is 7.68. The molecule has 0 aliphatic heterocycles. The van der Waals surface area contributed by atoms with Crippen LogP contribution < -0.4 is 16.4 Å². The number of nitrogens with two attached hydrogens (primary N) is 1. The van der Waals surface area contributed by atoms with Gasteiger partial charge in [-0.15, -0.1) is 0 Å². The molecule has 2 aromatic rings. The molecule has 0 saturated heterocycles. The van der Waals surface area contributed by atoms with Gasteiger partial charge in [-0.05, 0) is 0 Å². The van der Waals surface area contributed by atoms with Crippen molar-refractivity contribution in [3.05, 3.63) is 54.0 Å². The number of nitrogen functional groups attached to an aromatic ring is 1. The van der Waals surface area contributed by atoms with Crippen molar-refractivity contribution in [3.8, 4) is 0 Å². The molecule has 124 valence electrons. The summed E-state index contributed by atoms with van der Waals surface area (Å²) in [6, 6.07) is 7.51. The molecule has 0 bridgehead atoms. The quantitative estimate of drug-likeness (QED) is 0.691. The van der Waals surface area contributed by atoms with E-state index in [1.807, 2.05) is 0 Å². The lowest BCUT2D eigenvalue weighted by Crippen LogP contribution is -2.41. The fourth-order valence-corrected chi connectivity index (χ4v) is 1.81. The van der Waals surface area contributed by atoms with E-state index in [9.17, 15) is 14.4 Å². The van der Waals surface area contributed by atoms with Crippen LogP contribution in [0, 0.1) is 0 Å². The standard InChI is InChI=1S/C15H15N5O4/c1-17-15(23)20-13(21)11(9-5-3-2-4-6-9)24-14(22)10-12(16)19-8-7-18-10/h2-8,11H,1H3,(H2,16,19)(H2,17,20,21,23)/t11-/m0/s1. The molecule has 0 unspecified atom stereocenters. The van der Waals surface area contributed by atoms with E-state index in [0.717, 1.165) is 0 Å². The largest absolute Gasteiger partial charge is 0.442 e. The Morgan fingerprint density at radius 1 is 1.12 bits per heavy atom. The smallest absolute Gasteiger partial charge is 0.361 e. The van der Waals surface area contributed by atoms with Gasteiger partial charge in [0.05, 0.1) is 0 Å². The molecule has 9 nitrogen and oxygen atoms in total. The first-order valence-corrected chi connectivity index (χ1v) is 6.88. The number of aromatic nitrogens is 2. The molecule has 0 radical (unpaired) electrons. The Morgan fingerprint density at radius 2 is 1.79 bits per heavy atom. The van der Waals surface area contributed by atoms with Gasteiger partial charge < -0.3 is 15.8 Å². The van der Waals surface area contributed by atoms with Crippen LogP contribution in [0.25, 0.3) is 0 Å². The molecule has 1 aromatic heterocycles. The Bertz CT molecular complexity index is 751. The monoisotopic (exact) mass is 329 g/mol. The summed E-state index contributed by atoms with van der Waals surface area (Å²) in [5.41, 5.74) is 5.74. The molecule has 9 heteroatoms. The molecule has 0 fully saturated rings. The number of hydrogen-bond acceptors (Lipinski definition) is 7. The Labute approximate surface area is 137 Å². The van der Waals surface area contributed by atoms with Crippen molar-refractivity contribution >= 4 is 23.7 Å². The molecule has 1 aromatic carbocycles. The normalized spacial score (nSPS) is 11.2. The highest BCUT2D eigenvalue weighted by Crippen LogP contribution is 2.20. The van der Waals surface area contributed by atoms with E-state index >= 15 is 0 Å². The van der Waals surface area contributed by atoms with Crippen molar-refractivity contribution in [2.45, 2.75) is 6.10 Å². The number of amides is 3. The van der Waals surface area contributed by atoms with Gasteiger partial charge in [-0.25, -0.2) is 19.6 Å². The predicted octanol–water partition coefficient (Wildman–Crippen LogP) is 0.412. The molecule has 0 spiro atoms. The van der Waals surface area contributed by atoms with E-state index in [0.29, 0.717) is 5.56 Å². The summed E-state index contributed by atoms with van der Waals surface area (Å²) in [7, 11) is 1.35. The molecule has 4 N–H and O–H groups in total. The first kappa shape index (κ1) is 16.9. The number of ether oxygens (including phenoxy) is 1. The highest BCUT2D eigenvalue weighted by molar-refractivity contribution is 5.99. The summed E-state index contributed by atoms with van der Waals surface area (Å²) in [4.78, 5) is 43.3. The summed E-state index contributed by atoms with van der Waals surface area (Å²) in [6.07, 6.45) is 1.24. The van der Waals surface area contributed by atoms with E-state index in [1.54, 1.807) is 30.3 Å². The Hall–Kier alpha value is -3.49. The Balaban J connectivity index is 2.26. The molecule has 1 atom stereocenters. The average Bonchev–Trinajstić information content (AvgIpc) is 2.60. The number of esters is 1. The second-order valence-corrected chi connectivity index (χ2v) is 4.55. The number of rotatable bonds is 4. The van der Waals surface area contributed by atoms with Crippen LogP contribution in [0.3, 0.4) is 0 Å². The van der Waals surface area contributed by atoms with Crippen molar-refractivity contribution in [1.82, 2.24) is 20.6 Å². The van der Waals surface area contributed by atoms with E-state index in [1.165, 1.54) is 19.4 Å². The van der Waals surface area contributed by atoms with Crippen molar-refractivity contribution in [3.63, 3.8) is 0 Å². The summed E-state index contributed by atoms with van der Waals surface area (Å²) in [6.45, 7) is 0. The minimum absolute atomic E-state index is 0.124. The van der Waals surface area contributed by atoms with E-state index in [2.05, 4.69) is 20.6 Å². The van der Waals surface area contributed by atoms with Crippen LogP contribution in [0.5, 0.6) is 0 Å². The van der Waals surface area contributed by atoms with Gasteiger partial charge in [0.2, 0.25) is 6.10 Å². The molecule has 3 amide bonds. The third-order valence-corrected chi connectivity index (χ3v) is 2.95. The van der Waals surface area contributed by atoms with E-state index < -0.39 is 24.0 Å². The van der Waals surface area contributed by atoms with E-state index in [-0.39, 0.29) is 11.5 Å². The van der Waals surface area contributed by atoms with Crippen molar-refractivity contribution in [2.75, 3.05) is 12.8 Å². The van der Waals surface area contributed by atoms with Gasteiger partial charge in [-0.2, -0.15) is 0 Å². The van der Waals surface area contributed by atoms with Gasteiger partial charge in [0.15, 0.2) is 11.5 Å². The lowest BCUT2D eigenvalue weighted by molar-refractivity contribution is -0.129. The number of imide groups is 1. The molecule has 0 aliphatic carbocycles. The zero-order valence-electron chi connectivity index (χ0n) is 12.7. The first-order valence-electron chi connectivity index (χ1n) is 6.88. The van der Waals surface area contributed by atoms with Crippen LogP contribution in [0.15, 0.2) is 42.7 Å². The van der Waals surface area contributed by atoms with Gasteiger partial charge in [0, 0.05) is 25.0 Å². The highest BCUT2D eigenvalue weighted by Gasteiger charge is 2.28. The van der Waals surface area contributed by atoms with Gasteiger partial charge >= 0.3 is 12.0 Å². The summed E-state index contributed by atoms with van der Waals surface area (Å²) in [5.74, 6) is -1.86. The molecular weight excluding hydrogens is 314 g/mol. The molecule has 0 saturated carbocycles. The number of carbonyl (C=O) groups excluding carboxylic acids is 3. The third-order valence-electron chi connectivity index (χ3n) is 2.95. The third kappa shape index (κ3) is 4.03. The van der Waals surface area contributed by atoms with Crippen molar-refractivity contribution in [2.24, 2.45) is 0 Å². The van der Waals surface area contributed by atoms with Gasteiger partial charge in [-0.1, -0.05) is 30.3 Å². The maximum absolute atomic E-state index is 12.2. The number of nitrogens with one attached hydrogen (secondary N) is 2. The van der Waals surface area contributed by atoms with Crippen LogP contribution in [0.4, 0.5) is 10.6 Å². The van der Waals surface area contributed by atoms with Gasteiger partial charge in [-0.3, -0.25) is 10.1 Å². The minimum atomic E-state index is -1.35. The number of hydrogen-bond donors (Lipinski definition) is 3. The maximum atomic E-state index is 12.2. The Kier molecular flexibility index (Phi) is 5.40. The van der Waals surface area contributed by atoms with Crippen LogP contribution >= 0.6 is 0 Å². The SMILES string of the molecule is CNC(=O)NC(=O)[C@@H](OC(=O)c1nccnc1N)c1ccccc1. The summed E-state index contributed by atoms with van der Waals surface area (Å²) in [5, 5.41) is 4.31. The number of benzene rings is 1. The zero-order valence-corrected chi connectivity index (χ0v) is 12.7. The highest BCUT2D eigenvalue weighted by atomic mass is 16.5. The average molecular weight is 329 g/mol.